The fraction of sp³-hybridized carbons (Fsp3) is 0.273. The number of nitrogens with one attached hydrogen (secondary N) is 1. The normalized spacial score (nSPS) is 13.0. The number of rotatable bonds is 5. The predicted molar refractivity (Wildman–Crippen MR) is 111 cm³/mol. The molecule has 4 rings (SSSR count). The molecular formula is C22H24N4O2. The maximum absolute atomic E-state index is 5.47. The average molecular weight is 376 g/mol. The molecule has 0 aliphatic carbocycles. The Hall–Kier alpha value is -3.28. The Morgan fingerprint density at radius 3 is 2.36 bits per heavy atom. The lowest BCUT2D eigenvalue weighted by Crippen LogP contribution is -2.31. The number of anilines is 3. The first-order valence-corrected chi connectivity index (χ1v) is 9.33. The van der Waals surface area contributed by atoms with Gasteiger partial charge in [0.2, 0.25) is 5.95 Å². The molecule has 2 heterocycles. The highest BCUT2D eigenvalue weighted by atomic mass is 16.5. The topological polar surface area (TPSA) is 59.5 Å². The van der Waals surface area contributed by atoms with Crippen LogP contribution in [0.4, 0.5) is 17.5 Å². The van der Waals surface area contributed by atoms with E-state index in [4.69, 9.17) is 14.5 Å². The van der Waals surface area contributed by atoms with Crippen molar-refractivity contribution in [2.24, 2.45) is 0 Å². The van der Waals surface area contributed by atoms with Gasteiger partial charge < -0.3 is 19.7 Å². The number of benzene rings is 2. The molecule has 0 saturated heterocycles. The first kappa shape index (κ1) is 18.1. The lowest BCUT2D eigenvalue weighted by Gasteiger charge is -2.30. The van der Waals surface area contributed by atoms with Crippen molar-refractivity contribution in [1.29, 1.82) is 0 Å². The first-order chi connectivity index (χ1) is 13.7. The Labute approximate surface area is 165 Å². The fourth-order valence-corrected chi connectivity index (χ4v) is 3.50. The number of hydrogen-bond acceptors (Lipinski definition) is 6. The summed E-state index contributed by atoms with van der Waals surface area (Å²) in [6.45, 7) is 3.66. The molecule has 1 N–H and O–H groups in total. The Kier molecular flexibility index (Phi) is 5.02. The number of fused-ring (bicyclic) bond motifs is 1. The number of aromatic nitrogens is 2. The molecule has 0 bridgehead atoms. The molecule has 0 fully saturated rings. The molecule has 28 heavy (non-hydrogen) atoms. The maximum Gasteiger partial charge on any atom is 0.229 e. The number of nitrogens with zero attached hydrogens (tertiary/aromatic N) is 3. The van der Waals surface area contributed by atoms with Gasteiger partial charge in [-0.3, -0.25) is 0 Å². The molecule has 1 aromatic heterocycles. The van der Waals surface area contributed by atoms with Gasteiger partial charge in [0, 0.05) is 30.5 Å². The molecule has 0 unspecified atom stereocenters. The second-order valence-electron chi connectivity index (χ2n) is 6.83. The van der Waals surface area contributed by atoms with Gasteiger partial charge in [-0.1, -0.05) is 18.2 Å². The van der Waals surface area contributed by atoms with Gasteiger partial charge >= 0.3 is 0 Å². The van der Waals surface area contributed by atoms with Crippen molar-refractivity contribution < 1.29 is 9.47 Å². The zero-order valence-corrected chi connectivity index (χ0v) is 16.4. The van der Waals surface area contributed by atoms with Gasteiger partial charge in [-0.15, -0.1) is 0 Å². The number of aryl methyl sites for hydroxylation is 1. The summed E-state index contributed by atoms with van der Waals surface area (Å²) in [4.78, 5) is 11.6. The van der Waals surface area contributed by atoms with E-state index >= 15 is 0 Å². The van der Waals surface area contributed by atoms with Crippen LogP contribution in [0.15, 0.2) is 48.5 Å². The molecule has 6 nitrogen and oxygen atoms in total. The molecular weight excluding hydrogens is 352 g/mol. The highest BCUT2D eigenvalue weighted by molar-refractivity contribution is 5.57. The smallest absolute Gasteiger partial charge is 0.229 e. The van der Waals surface area contributed by atoms with E-state index in [0.29, 0.717) is 5.95 Å². The molecule has 6 heteroatoms. The third-order valence-corrected chi connectivity index (χ3v) is 4.91. The van der Waals surface area contributed by atoms with Crippen LogP contribution >= 0.6 is 0 Å². The Morgan fingerprint density at radius 2 is 1.64 bits per heavy atom. The van der Waals surface area contributed by atoms with Crippen LogP contribution in [0.1, 0.15) is 16.8 Å². The van der Waals surface area contributed by atoms with Crippen molar-refractivity contribution in [2.45, 2.75) is 19.9 Å². The Bertz CT molecular complexity index is 976. The van der Waals surface area contributed by atoms with Crippen molar-refractivity contribution >= 4 is 17.5 Å². The van der Waals surface area contributed by atoms with Crippen LogP contribution in [0, 0.1) is 6.92 Å². The van der Waals surface area contributed by atoms with E-state index in [9.17, 15) is 0 Å². The average Bonchev–Trinajstić information content (AvgIpc) is 2.72. The molecule has 0 amide bonds. The van der Waals surface area contributed by atoms with Crippen LogP contribution in [0.3, 0.4) is 0 Å². The molecule has 1 aliphatic rings. The summed E-state index contributed by atoms with van der Waals surface area (Å²) >= 11 is 0. The summed E-state index contributed by atoms with van der Waals surface area (Å²) in [5.41, 5.74) is 4.43. The SMILES string of the molecule is COc1cc2c(cc1OC)CN(c1cc(C)nc(Nc3ccccc3)n1)CC2. The van der Waals surface area contributed by atoms with Crippen LogP contribution in [-0.2, 0) is 13.0 Å². The van der Waals surface area contributed by atoms with Gasteiger partial charge in [-0.2, -0.15) is 4.98 Å². The molecule has 0 saturated carbocycles. The summed E-state index contributed by atoms with van der Waals surface area (Å²) in [6.07, 6.45) is 0.931. The van der Waals surface area contributed by atoms with E-state index in [2.05, 4.69) is 27.3 Å². The standard InChI is InChI=1S/C22H24N4O2/c1-15-11-21(25-22(23-15)24-18-7-5-4-6-8-18)26-10-9-16-12-19(27-2)20(28-3)13-17(16)14-26/h4-8,11-13H,9-10,14H2,1-3H3,(H,23,24,25). The molecule has 2 aromatic carbocycles. The van der Waals surface area contributed by atoms with E-state index in [1.54, 1.807) is 14.2 Å². The fourth-order valence-electron chi connectivity index (χ4n) is 3.50. The van der Waals surface area contributed by atoms with Crippen LogP contribution < -0.4 is 19.7 Å². The van der Waals surface area contributed by atoms with E-state index in [1.165, 1.54) is 11.1 Å². The van der Waals surface area contributed by atoms with Gasteiger partial charge in [0.05, 0.1) is 14.2 Å². The van der Waals surface area contributed by atoms with E-state index in [0.717, 1.165) is 48.2 Å². The van der Waals surface area contributed by atoms with Gasteiger partial charge in [-0.25, -0.2) is 4.98 Å². The molecule has 3 aromatic rings. The maximum atomic E-state index is 5.47. The van der Waals surface area contributed by atoms with Crippen molar-refractivity contribution in [1.82, 2.24) is 9.97 Å². The largest absolute Gasteiger partial charge is 0.493 e. The summed E-state index contributed by atoms with van der Waals surface area (Å²) in [6, 6.07) is 16.1. The lowest BCUT2D eigenvalue weighted by molar-refractivity contribution is 0.353. The van der Waals surface area contributed by atoms with E-state index in [1.807, 2.05) is 43.3 Å². The number of methoxy groups -OCH3 is 2. The minimum absolute atomic E-state index is 0.610. The molecule has 0 spiro atoms. The summed E-state index contributed by atoms with van der Waals surface area (Å²) in [7, 11) is 3.34. The van der Waals surface area contributed by atoms with Crippen molar-refractivity contribution in [3.8, 4) is 11.5 Å². The third kappa shape index (κ3) is 3.71. The predicted octanol–water partition coefficient (Wildman–Crippen LogP) is 4.11. The summed E-state index contributed by atoms with van der Waals surface area (Å²) < 4.78 is 10.9. The number of hydrogen-bond donors (Lipinski definition) is 1. The van der Waals surface area contributed by atoms with E-state index in [-0.39, 0.29) is 0 Å². The molecule has 144 valence electrons. The second-order valence-corrected chi connectivity index (χ2v) is 6.83. The molecule has 0 radical (unpaired) electrons. The van der Waals surface area contributed by atoms with E-state index < -0.39 is 0 Å². The van der Waals surface area contributed by atoms with Gasteiger partial charge in [0.1, 0.15) is 5.82 Å². The monoisotopic (exact) mass is 376 g/mol. The Balaban J connectivity index is 1.60. The first-order valence-electron chi connectivity index (χ1n) is 9.33. The van der Waals surface area contributed by atoms with Crippen LogP contribution in [0.5, 0.6) is 11.5 Å². The van der Waals surface area contributed by atoms with Crippen LogP contribution in [-0.4, -0.2) is 30.7 Å². The lowest BCUT2D eigenvalue weighted by atomic mass is 9.99. The number of para-hydroxylation sites is 1. The van der Waals surface area contributed by atoms with Crippen molar-refractivity contribution in [3.05, 3.63) is 65.4 Å². The van der Waals surface area contributed by atoms with Gasteiger partial charge in [-0.05, 0) is 48.7 Å². The van der Waals surface area contributed by atoms with Gasteiger partial charge in [0.15, 0.2) is 11.5 Å². The van der Waals surface area contributed by atoms with Crippen LogP contribution in [0.2, 0.25) is 0 Å². The van der Waals surface area contributed by atoms with Gasteiger partial charge in [0.25, 0.3) is 0 Å². The minimum atomic E-state index is 0.610. The van der Waals surface area contributed by atoms with Crippen molar-refractivity contribution in [3.63, 3.8) is 0 Å². The van der Waals surface area contributed by atoms with Crippen molar-refractivity contribution in [2.75, 3.05) is 31.0 Å². The zero-order valence-electron chi connectivity index (χ0n) is 16.4. The highest BCUT2D eigenvalue weighted by Gasteiger charge is 2.21. The number of ether oxygens (including phenoxy) is 2. The molecule has 1 aliphatic heterocycles. The minimum Gasteiger partial charge on any atom is -0.493 e. The Morgan fingerprint density at radius 1 is 0.929 bits per heavy atom. The quantitative estimate of drug-likeness (QED) is 0.723. The summed E-state index contributed by atoms with van der Waals surface area (Å²) in [5.74, 6) is 3.07. The summed E-state index contributed by atoms with van der Waals surface area (Å²) in [5, 5.41) is 3.29. The molecule has 0 atom stereocenters. The van der Waals surface area contributed by atoms with Crippen LogP contribution in [0.25, 0.3) is 0 Å². The zero-order chi connectivity index (χ0) is 19.5. The second kappa shape index (κ2) is 7.76. The highest BCUT2D eigenvalue weighted by Crippen LogP contribution is 2.34. The third-order valence-electron chi connectivity index (χ3n) is 4.91.